The van der Waals surface area contributed by atoms with Crippen LogP contribution in [0.4, 0.5) is 4.39 Å². The van der Waals surface area contributed by atoms with Gasteiger partial charge in [-0.25, -0.2) is 9.37 Å². The second-order valence-electron chi connectivity index (χ2n) is 6.76. The van der Waals surface area contributed by atoms with E-state index in [2.05, 4.69) is 4.98 Å². The van der Waals surface area contributed by atoms with Crippen LogP contribution in [0, 0.1) is 12.7 Å². The van der Waals surface area contributed by atoms with Crippen LogP contribution < -0.4 is 0 Å². The van der Waals surface area contributed by atoms with E-state index in [0.29, 0.717) is 34.5 Å². The Morgan fingerprint density at radius 1 is 1.21 bits per heavy atom. The number of rotatable bonds is 6. The molecule has 7 heteroatoms. The molecule has 0 atom stereocenters. The summed E-state index contributed by atoms with van der Waals surface area (Å²) in [7, 11) is 3.79. The van der Waals surface area contributed by atoms with Crippen LogP contribution >= 0.6 is 11.6 Å². The van der Waals surface area contributed by atoms with Crippen molar-refractivity contribution in [3.8, 4) is 5.69 Å². The Hall–Kier alpha value is -2.54. The van der Waals surface area contributed by atoms with Crippen molar-refractivity contribution in [3.63, 3.8) is 0 Å². The molecule has 0 fully saturated rings. The van der Waals surface area contributed by atoms with Crippen LogP contribution in [0.15, 0.2) is 42.5 Å². The molecule has 0 aliphatic heterocycles. The van der Waals surface area contributed by atoms with E-state index < -0.39 is 11.6 Å². The van der Waals surface area contributed by atoms with Crippen molar-refractivity contribution >= 4 is 17.4 Å². The maximum Gasteiger partial charge on any atom is 0.196 e. The van der Waals surface area contributed by atoms with Crippen LogP contribution in [-0.2, 0) is 13.2 Å². The van der Waals surface area contributed by atoms with Crippen molar-refractivity contribution in [2.45, 2.75) is 20.1 Å². The summed E-state index contributed by atoms with van der Waals surface area (Å²) in [5.41, 5.74) is 2.09. The SMILES string of the molecule is Cc1nc(CN(C)C)n(-c2ccc(F)cc2C(=O)c2ccccc2Cl)c1CO. The Balaban J connectivity index is 2.25. The summed E-state index contributed by atoms with van der Waals surface area (Å²) >= 11 is 6.19. The summed E-state index contributed by atoms with van der Waals surface area (Å²) in [6.07, 6.45) is 0. The number of ketones is 1. The predicted octanol–water partition coefficient (Wildman–Crippen LogP) is 3.76. The minimum Gasteiger partial charge on any atom is -0.390 e. The average molecular weight is 402 g/mol. The molecule has 0 spiro atoms. The van der Waals surface area contributed by atoms with Crippen LogP contribution in [0.1, 0.15) is 33.1 Å². The van der Waals surface area contributed by atoms with Crippen LogP contribution in [-0.4, -0.2) is 39.4 Å². The fourth-order valence-corrected chi connectivity index (χ4v) is 3.38. The molecule has 1 N–H and O–H groups in total. The van der Waals surface area contributed by atoms with E-state index in [4.69, 9.17) is 11.6 Å². The van der Waals surface area contributed by atoms with E-state index in [1.54, 1.807) is 35.8 Å². The molecule has 3 rings (SSSR count). The molecular weight excluding hydrogens is 381 g/mol. The van der Waals surface area contributed by atoms with Gasteiger partial charge in [0.05, 0.1) is 35.2 Å². The predicted molar refractivity (Wildman–Crippen MR) is 106 cm³/mol. The first-order chi connectivity index (χ1) is 13.3. The summed E-state index contributed by atoms with van der Waals surface area (Å²) in [6, 6.07) is 10.7. The number of hydrogen-bond donors (Lipinski definition) is 1. The molecule has 0 aliphatic rings. The smallest absolute Gasteiger partial charge is 0.196 e. The Kier molecular flexibility index (Phi) is 5.93. The number of carbonyl (C=O) groups is 1. The normalized spacial score (nSPS) is 11.2. The minimum absolute atomic E-state index is 0.153. The Morgan fingerprint density at radius 3 is 2.57 bits per heavy atom. The van der Waals surface area contributed by atoms with Gasteiger partial charge in [0, 0.05) is 11.1 Å². The molecular formula is C21H21ClFN3O2. The molecule has 1 aromatic heterocycles. The Labute approximate surface area is 168 Å². The highest BCUT2D eigenvalue weighted by Gasteiger charge is 2.23. The molecule has 2 aromatic carbocycles. The van der Waals surface area contributed by atoms with Crippen molar-refractivity contribution < 1.29 is 14.3 Å². The number of carbonyl (C=O) groups excluding carboxylic acids is 1. The van der Waals surface area contributed by atoms with Crippen molar-refractivity contribution in [1.29, 1.82) is 0 Å². The quantitative estimate of drug-likeness (QED) is 0.639. The van der Waals surface area contributed by atoms with E-state index in [-0.39, 0.29) is 17.7 Å². The topological polar surface area (TPSA) is 58.4 Å². The number of aromatic nitrogens is 2. The van der Waals surface area contributed by atoms with Gasteiger partial charge in [0.1, 0.15) is 11.6 Å². The highest BCUT2D eigenvalue weighted by molar-refractivity contribution is 6.35. The fourth-order valence-electron chi connectivity index (χ4n) is 3.16. The average Bonchev–Trinajstić information content (AvgIpc) is 2.95. The third kappa shape index (κ3) is 3.85. The lowest BCUT2D eigenvalue weighted by molar-refractivity contribution is 0.103. The maximum absolute atomic E-state index is 14.1. The molecule has 146 valence electrons. The van der Waals surface area contributed by atoms with Gasteiger partial charge < -0.3 is 10.0 Å². The number of hydrogen-bond acceptors (Lipinski definition) is 4. The van der Waals surface area contributed by atoms with E-state index in [0.717, 1.165) is 0 Å². The summed E-state index contributed by atoms with van der Waals surface area (Å²) in [5.74, 6) is -0.284. The van der Waals surface area contributed by atoms with Crippen molar-refractivity contribution in [2.75, 3.05) is 14.1 Å². The second kappa shape index (κ2) is 8.22. The Morgan fingerprint density at radius 2 is 1.93 bits per heavy atom. The number of aliphatic hydroxyl groups is 1. The van der Waals surface area contributed by atoms with Gasteiger partial charge in [-0.15, -0.1) is 0 Å². The van der Waals surface area contributed by atoms with Gasteiger partial charge in [-0.3, -0.25) is 9.36 Å². The van der Waals surface area contributed by atoms with Gasteiger partial charge in [-0.05, 0) is 51.4 Å². The van der Waals surface area contributed by atoms with E-state index in [1.807, 2.05) is 19.0 Å². The minimum atomic E-state index is -0.532. The number of imidazole rings is 1. The van der Waals surface area contributed by atoms with Crippen LogP contribution in [0.2, 0.25) is 5.02 Å². The number of benzene rings is 2. The zero-order valence-corrected chi connectivity index (χ0v) is 16.7. The monoisotopic (exact) mass is 401 g/mol. The highest BCUT2D eigenvalue weighted by atomic mass is 35.5. The third-order valence-electron chi connectivity index (χ3n) is 4.41. The molecule has 5 nitrogen and oxygen atoms in total. The number of aryl methyl sites for hydroxylation is 1. The van der Waals surface area contributed by atoms with Crippen molar-refractivity contribution in [2.24, 2.45) is 0 Å². The highest BCUT2D eigenvalue weighted by Crippen LogP contribution is 2.27. The lowest BCUT2D eigenvalue weighted by atomic mass is 10.0. The molecule has 3 aromatic rings. The first kappa shape index (κ1) is 20.2. The summed E-state index contributed by atoms with van der Waals surface area (Å²) in [5, 5.41) is 10.2. The lowest BCUT2D eigenvalue weighted by Gasteiger charge is -2.17. The second-order valence-corrected chi connectivity index (χ2v) is 7.17. The Bertz CT molecular complexity index is 1030. The standard InChI is InChI=1S/C21H21ClFN3O2/c1-13-19(12-27)26(20(24-13)11-25(2)3)18-9-8-14(23)10-16(18)21(28)15-6-4-5-7-17(15)22/h4-10,27H,11-12H2,1-3H3. The zero-order valence-electron chi connectivity index (χ0n) is 15.9. The maximum atomic E-state index is 14.1. The first-order valence-electron chi connectivity index (χ1n) is 8.75. The summed E-state index contributed by atoms with van der Waals surface area (Å²) < 4.78 is 15.8. The lowest BCUT2D eigenvalue weighted by Crippen LogP contribution is -2.18. The third-order valence-corrected chi connectivity index (χ3v) is 4.74. The van der Waals surface area contributed by atoms with Gasteiger partial charge >= 0.3 is 0 Å². The fraction of sp³-hybridized carbons (Fsp3) is 0.238. The number of nitrogens with zero attached hydrogens (tertiary/aromatic N) is 3. The van der Waals surface area contributed by atoms with Crippen LogP contribution in [0.5, 0.6) is 0 Å². The van der Waals surface area contributed by atoms with Crippen LogP contribution in [0.3, 0.4) is 0 Å². The number of halogens is 2. The molecule has 28 heavy (non-hydrogen) atoms. The molecule has 0 amide bonds. The van der Waals surface area contributed by atoms with E-state index in [1.165, 1.54) is 18.2 Å². The molecule has 0 saturated carbocycles. The van der Waals surface area contributed by atoms with Crippen molar-refractivity contribution in [1.82, 2.24) is 14.5 Å². The van der Waals surface area contributed by atoms with Crippen LogP contribution in [0.25, 0.3) is 5.69 Å². The van der Waals surface area contributed by atoms with E-state index >= 15 is 0 Å². The molecule has 0 bridgehead atoms. The first-order valence-corrected chi connectivity index (χ1v) is 9.13. The number of aliphatic hydroxyl groups excluding tert-OH is 1. The van der Waals surface area contributed by atoms with Gasteiger partial charge in [-0.2, -0.15) is 0 Å². The molecule has 0 radical (unpaired) electrons. The molecule has 0 aliphatic carbocycles. The van der Waals surface area contributed by atoms with Crippen molar-refractivity contribution in [3.05, 3.63) is 81.6 Å². The van der Waals surface area contributed by atoms with Gasteiger partial charge in [0.15, 0.2) is 5.78 Å². The summed E-state index contributed by atoms with van der Waals surface area (Å²) in [6.45, 7) is 2.02. The zero-order chi connectivity index (χ0) is 20.4. The van der Waals surface area contributed by atoms with E-state index in [9.17, 15) is 14.3 Å². The molecule has 0 saturated heterocycles. The largest absolute Gasteiger partial charge is 0.390 e. The van der Waals surface area contributed by atoms with Gasteiger partial charge in [0.2, 0.25) is 0 Å². The van der Waals surface area contributed by atoms with Gasteiger partial charge in [-0.1, -0.05) is 23.7 Å². The molecule has 1 heterocycles. The summed E-state index contributed by atoms with van der Waals surface area (Å²) in [4.78, 5) is 19.7. The molecule has 0 unspecified atom stereocenters. The van der Waals surface area contributed by atoms with Gasteiger partial charge in [0.25, 0.3) is 0 Å².